The monoisotopic (exact) mass is 400 g/mol. The van der Waals surface area contributed by atoms with E-state index in [4.69, 9.17) is 0 Å². The van der Waals surface area contributed by atoms with Crippen molar-refractivity contribution in [2.24, 2.45) is 7.05 Å². The molecule has 9 heteroatoms. The summed E-state index contributed by atoms with van der Waals surface area (Å²) in [7, 11) is 1.67. The van der Waals surface area contributed by atoms with Gasteiger partial charge in [-0.2, -0.15) is 0 Å². The van der Waals surface area contributed by atoms with Crippen LogP contribution in [0.3, 0.4) is 0 Å². The van der Waals surface area contributed by atoms with E-state index >= 15 is 0 Å². The molecule has 0 spiro atoms. The normalized spacial score (nSPS) is 17.6. The van der Waals surface area contributed by atoms with Gasteiger partial charge < -0.3 is 14.0 Å². The number of thiophene rings is 1. The molecule has 0 radical (unpaired) electrons. The summed E-state index contributed by atoms with van der Waals surface area (Å²) in [5, 5.41) is 8.95. The number of nitrogens with zero attached hydrogens (tertiary/aromatic N) is 6. The maximum Gasteiger partial charge on any atom is 0.264 e. The first kappa shape index (κ1) is 18.8. The SMILES string of the molecule is Cc1c(C(=O)N2CCCC(c3nncn3C(C)C)C2)sc2ncn(C)c(=O)c12. The Morgan fingerprint density at radius 1 is 1.32 bits per heavy atom. The van der Waals surface area contributed by atoms with Crippen LogP contribution in [0.2, 0.25) is 0 Å². The molecular formula is C19H24N6O2S. The molecule has 1 unspecified atom stereocenters. The highest BCUT2D eigenvalue weighted by atomic mass is 32.1. The zero-order valence-corrected chi connectivity index (χ0v) is 17.4. The third kappa shape index (κ3) is 3.03. The lowest BCUT2D eigenvalue weighted by atomic mass is 9.96. The van der Waals surface area contributed by atoms with Gasteiger partial charge in [0, 0.05) is 32.1 Å². The van der Waals surface area contributed by atoms with Crippen molar-refractivity contribution < 1.29 is 4.79 Å². The number of likely N-dealkylation sites (tertiary alicyclic amines) is 1. The van der Waals surface area contributed by atoms with Crippen LogP contribution in [0, 0.1) is 6.92 Å². The minimum Gasteiger partial charge on any atom is -0.337 e. The molecule has 1 atom stereocenters. The Kier molecular flexibility index (Phi) is 4.78. The van der Waals surface area contributed by atoms with Crippen LogP contribution in [-0.4, -0.2) is 48.2 Å². The van der Waals surface area contributed by atoms with Crippen molar-refractivity contribution in [3.05, 3.63) is 39.3 Å². The molecule has 1 amide bonds. The number of carbonyl (C=O) groups excluding carboxylic acids is 1. The second-order valence-corrected chi connectivity index (χ2v) is 8.68. The van der Waals surface area contributed by atoms with Gasteiger partial charge in [-0.1, -0.05) is 0 Å². The number of amides is 1. The second kappa shape index (κ2) is 7.12. The Morgan fingerprint density at radius 2 is 2.11 bits per heavy atom. The lowest BCUT2D eigenvalue weighted by Gasteiger charge is -2.32. The summed E-state index contributed by atoms with van der Waals surface area (Å²) in [6.45, 7) is 7.37. The minimum absolute atomic E-state index is 0.0251. The van der Waals surface area contributed by atoms with Gasteiger partial charge in [0.05, 0.1) is 16.6 Å². The molecule has 1 aliphatic heterocycles. The molecule has 1 saturated heterocycles. The minimum atomic E-state index is -0.112. The van der Waals surface area contributed by atoms with Crippen molar-refractivity contribution in [3.8, 4) is 0 Å². The van der Waals surface area contributed by atoms with Gasteiger partial charge in [0.2, 0.25) is 0 Å². The highest BCUT2D eigenvalue weighted by Crippen LogP contribution is 2.31. The number of piperidine rings is 1. The van der Waals surface area contributed by atoms with E-state index in [2.05, 4.69) is 33.6 Å². The van der Waals surface area contributed by atoms with Gasteiger partial charge in [0.25, 0.3) is 11.5 Å². The van der Waals surface area contributed by atoms with Crippen molar-refractivity contribution in [3.63, 3.8) is 0 Å². The van der Waals surface area contributed by atoms with Crippen LogP contribution in [0.5, 0.6) is 0 Å². The van der Waals surface area contributed by atoms with E-state index in [1.54, 1.807) is 13.4 Å². The number of carbonyl (C=O) groups is 1. The number of fused-ring (bicyclic) bond motifs is 1. The average Bonchev–Trinajstić information content (AvgIpc) is 3.30. The molecule has 3 aromatic rings. The van der Waals surface area contributed by atoms with Gasteiger partial charge in [-0.25, -0.2) is 4.98 Å². The molecule has 0 bridgehead atoms. The summed E-state index contributed by atoms with van der Waals surface area (Å²) < 4.78 is 3.53. The zero-order valence-electron chi connectivity index (χ0n) is 16.5. The Balaban J connectivity index is 1.64. The molecule has 0 aliphatic carbocycles. The van der Waals surface area contributed by atoms with E-state index < -0.39 is 0 Å². The first-order chi connectivity index (χ1) is 13.4. The molecule has 1 aliphatic rings. The molecule has 3 aromatic heterocycles. The number of hydrogen-bond acceptors (Lipinski definition) is 6. The van der Waals surface area contributed by atoms with Crippen LogP contribution >= 0.6 is 11.3 Å². The van der Waals surface area contributed by atoms with Crippen LogP contribution in [0.1, 0.15) is 59.7 Å². The van der Waals surface area contributed by atoms with E-state index in [0.29, 0.717) is 28.2 Å². The molecule has 4 rings (SSSR count). The Morgan fingerprint density at radius 3 is 2.86 bits per heavy atom. The Hall–Kier alpha value is -2.55. The summed E-state index contributed by atoms with van der Waals surface area (Å²) in [6, 6.07) is 0.281. The molecule has 28 heavy (non-hydrogen) atoms. The molecule has 4 heterocycles. The first-order valence-electron chi connectivity index (χ1n) is 9.52. The van der Waals surface area contributed by atoms with Crippen LogP contribution in [-0.2, 0) is 7.05 Å². The first-order valence-corrected chi connectivity index (χ1v) is 10.3. The summed E-state index contributed by atoms with van der Waals surface area (Å²) in [5.74, 6) is 1.09. The maximum absolute atomic E-state index is 13.3. The van der Waals surface area contributed by atoms with Crippen LogP contribution < -0.4 is 5.56 Å². The van der Waals surface area contributed by atoms with Crippen molar-refractivity contribution in [2.75, 3.05) is 13.1 Å². The number of aromatic nitrogens is 5. The van der Waals surface area contributed by atoms with Crippen LogP contribution in [0.4, 0.5) is 0 Å². The third-order valence-electron chi connectivity index (χ3n) is 5.44. The van der Waals surface area contributed by atoms with Gasteiger partial charge in [0.1, 0.15) is 17.0 Å². The predicted octanol–water partition coefficient (Wildman–Crippen LogP) is 2.50. The quantitative estimate of drug-likeness (QED) is 0.674. The Bertz CT molecular complexity index is 1100. The fraction of sp³-hybridized carbons (Fsp3) is 0.526. The average molecular weight is 401 g/mol. The number of aryl methyl sites for hydroxylation is 2. The van der Waals surface area contributed by atoms with E-state index in [-0.39, 0.29) is 23.4 Å². The third-order valence-corrected chi connectivity index (χ3v) is 6.62. The second-order valence-electron chi connectivity index (χ2n) is 7.68. The van der Waals surface area contributed by atoms with E-state index in [9.17, 15) is 9.59 Å². The van der Waals surface area contributed by atoms with Crippen molar-refractivity contribution >= 4 is 27.5 Å². The van der Waals surface area contributed by atoms with E-state index in [1.807, 2.05) is 11.8 Å². The molecule has 0 N–H and O–H groups in total. The maximum atomic E-state index is 13.3. The zero-order chi connectivity index (χ0) is 20.0. The van der Waals surface area contributed by atoms with Gasteiger partial charge in [-0.05, 0) is 39.2 Å². The smallest absolute Gasteiger partial charge is 0.264 e. The molecule has 148 valence electrons. The summed E-state index contributed by atoms with van der Waals surface area (Å²) in [4.78, 5) is 33.2. The highest BCUT2D eigenvalue weighted by Gasteiger charge is 2.31. The summed E-state index contributed by atoms with van der Waals surface area (Å²) in [6.07, 6.45) is 5.18. The van der Waals surface area contributed by atoms with Crippen molar-refractivity contribution in [2.45, 2.75) is 45.6 Å². The lowest BCUT2D eigenvalue weighted by Crippen LogP contribution is -2.39. The van der Waals surface area contributed by atoms with Crippen LogP contribution in [0.15, 0.2) is 17.4 Å². The molecule has 0 aromatic carbocycles. The van der Waals surface area contributed by atoms with E-state index in [1.165, 1.54) is 22.2 Å². The molecule has 8 nitrogen and oxygen atoms in total. The van der Waals surface area contributed by atoms with Gasteiger partial charge in [-0.15, -0.1) is 21.5 Å². The van der Waals surface area contributed by atoms with Gasteiger partial charge in [-0.3, -0.25) is 9.59 Å². The largest absolute Gasteiger partial charge is 0.337 e. The van der Waals surface area contributed by atoms with Gasteiger partial charge >= 0.3 is 0 Å². The standard InChI is InChI=1S/C19H24N6O2S/c1-11(2)25-10-21-22-16(25)13-6-5-7-24(8-13)19(27)15-12(3)14-17(28-15)20-9-23(4)18(14)26/h9-11,13H,5-8H2,1-4H3. The van der Waals surface area contributed by atoms with Crippen molar-refractivity contribution in [1.82, 2.24) is 29.2 Å². The molecule has 1 fully saturated rings. The fourth-order valence-electron chi connectivity index (χ4n) is 3.87. The predicted molar refractivity (Wildman–Crippen MR) is 108 cm³/mol. The van der Waals surface area contributed by atoms with Gasteiger partial charge in [0.15, 0.2) is 0 Å². The van der Waals surface area contributed by atoms with Crippen LogP contribution in [0.25, 0.3) is 10.2 Å². The number of rotatable bonds is 3. The summed E-state index contributed by atoms with van der Waals surface area (Å²) in [5.41, 5.74) is 0.616. The number of hydrogen-bond donors (Lipinski definition) is 0. The van der Waals surface area contributed by atoms with E-state index in [0.717, 1.165) is 24.2 Å². The Labute approximate surface area is 166 Å². The fourth-order valence-corrected chi connectivity index (χ4v) is 4.98. The molecular weight excluding hydrogens is 376 g/mol. The summed E-state index contributed by atoms with van der Waals surface area (Å²) >= 11 is 1.31. The molecule has 0 saturated carbocycles. The lowest BCUT2D eigenvalue weighted by molar-refractivity contribution is 0.0707. The highest BCUT2D eigenvalue weighted by molar-refractivity contribution is 7.20. The topological polar surface area (TPSA) is 85.9 Å². The van der Waals surface area contributed by atoms with Crippen molar-refractivity contribution in [1.29, 1.82) is 0 Å².